The highest BCUT2D eigenvalue weighted by Crippen LogP contribution is 2.31. The molecule has 0 bridgehead atoms. The van der Waals surface area contributed by atoms with Crippen LogP contribution < -0.4 is 0 Å². The van der Waals surface area contributed by atoms with Gasteiger partial charge in [-0.3, -0.25) is 0 Å². The Morgan fingerprint density at radius 1 is 1.20 bits per heavy atom. The highest BCUT2D eigenvalue weighted by atomic mass is 19.4. The summed E-state index contributed by atoms with van der Waals surface area (Å²) in [6.07, 6.45) is -4.56. The number of halogens is 3. The maximum Gasteiger partial charge on any atom is 0.451 e. The lowest BCUT2D eigenvalue weighted by molar-refractivity contribution is -0.149. The van der Waals surface area contributed by atoms with Crippen molar-refractivity contribution in [2.24, 2.45) is 0 Å². The molecule has 0 amide bonds. The van der Waals surface area contributed by atoms with Gasteiger partial charge in [-0.25, -0.2) is 0 Å². The number of hydrogen-bond acceptors (Lipinski definition) is 3. The van der Waals surface area contributed by atoms with Crippen LogP contribution in [0.5, 0.6) is 0 Å². The smallest absolute Gasteiger partial charge is 0.388 e. The molecule has 0 aliphatic carbocycles. The maximum absolute atomic E-state index is 12.5. The van der Waals surface area contributed by atoms with E-state index in [0.717, 1.165) is 4.57 Å². The van der Waals surface area contributed by atoms with Crippen molar-refractivity contribution in [1.29, 1.82) is 0 Å². The van der Waals surface area contributed by atoms with Crippen LogP contribution in [0.3, 0.4) is 0 Å². The van der Waals surface area contributed by atoms with Gasteiger partial charge in [-0.05, 0) is 20.8 Å². The van der Waals surface area contributed by atoms with Gasteiger partial charge in [0.1, 0.15) is 6.61 Å². The molecule has 0 aliphatic rings. The fourth-order valence-electron chi connectivity index (χ4n) is 1.31. The summed E-state index contributed by atoms with van der Waals surface area (Å²) in [5, 5.41) is 15.2. The quantitative estimate of drug-likeness (QED) is 0.785. The van der Waals surface area contributed by atoms with E-state index in [-0.39, 0.29) is 5.82 Å². The minimum absolute atomic E-state index is 0.0881. The Labute approximate surface area is 84.7 Å². The first-order valence-electron chi connectivity index (χ1n) is 4.30. The number of hydrogen-bond donors (Lipinski definition) is 1. The monoisotopic (exact) mass is 223 g/mol. The highest BCUT2D eigenvalue weighted by Gasteiger charge is 2.40. The van der Waals surface area contributed by atoms with Gasteiger partial charge < -0.3 is 9.67 Å². The molecule has 0 aromatic carbocycles. The lowest BCUT2D eigenvalue weighted by Crippen LogP contribution is -2.29. The average molecular weight is 223 g/mol. The molecule has 4 nitrogen and oxygen atoms in total. The Kier molecular flexibility index (Phi) is 2.77. The Hall–Kier alpha value is -1.11. The SMILES string of the molecule is CC(C)(C)n1c(CO)nnc1C(F)(F)F. The van der Waals surface area contributed by atoms with E-state index in [1.54, 1.807) is 20.8 Å². The zero-order valence-electron chi connectivity index (χ0n) is 8.63. The van der Waals surface area contributed by atoms with Crippen molar-refractivity contribution < 1.29 is 18.3 Å². The van der Waals surface area contributed by atoms with Crippen LogP contribution in [-0.2, 0) is 18.3 Å². The third kappa shape index (κ3) is 2.28. The van der Waals surface area contributed by atoms with E-state index in [9.17, 15) is 13.2 Å². The molecule has 1 heterocycles. The summed E-state index contributed by atoms with van der Waals surface area (Å²) in [5.41, 5.74) is -0.827. The summed E-state index contributed by atoms with van der Waals surface area (Å²) in [7, 11) is 0. The van der Waals surface area contributed by atoms with Gasteiger partial charge in [0.15, 0.2) is 5.82 Å². The lowest BCUT2D eigenvalue weighted by atomic mass is 10.1. The zero-order chi connectivity index (χ0) is 11.9. The second kappa shape index (κ2) is 3.48. The van der Waals surface area contributed by atoms with Crippen LogP contribution >= 0.6 is 0 Å². The Morgan fingerprint density at radius 3 is 2.07 bits per heavy atom. The molecular weight excluding hydrogens is 211 g/mol. The average Bonchev–Trinajstić information content (AvgIpc) is 2.44. The molecular formula is C8H12F3N3O. The summed E-state index contributed by atoms with van der Waals surface area (Å²) in [4.78, 5) is 0. The van der Waals surface area contributed by atoms with Gasteiger partial charge in [-0.15, -0.1) is 10.2 Å². The van der Waals surface area contributed by atoms with Gasteiger partial charge in [0.25, 0.3) is 0 Å². The van der Waals surface area contributed by atoms with Crippen molar-refractivity contribution in [2.45, 2.75) is 39.1 Å². The first-order chi connectivity index (χ1) is 6.68. The van der Waals surface area contributed by atoms with E-state index in [1.165, 1.54) is 0 Å². The van der Waals surface area contributed by atoms with E-state index >= 15 is 0 Å². The number of alkyl halides is 3. The zero-order valence-corrected chi connectivity index (χ0v) is 8.63. The van der Waals surface area contributed by atoms with Crippen LogP contribution in [0.4, 0.5) is 13.2 Å². The molecule has 0 radical (unpaired) electrons. The number of aliphatic hydroxyl groups is 1. The van der Waals surface area contributed by atoms with E-state index in [2.05, 4.69) is 10.2 Å². The van der Waals surface area contributed by atoms with Gasteiger partial charge in [0.2, 0.25) is 5.82 Å². The fraction of sp³-hybridized carbons (Fsp3) is 0.750. The minimum Gasteiger partial charge on any atom is -0.388 e. The molecule has 0 fully saturated rings. The number of aromatic nitrogens is 3. The predicted molar refractivity (Wildman–Crippen MR) is 45.9 cm³/mol. The van der Waals surface area contributed by atoms with Gasteiger partial charge >= 0.3 is 6.18 Å². The molecule has 15 heavy (non-hydrogen) atoms. The summed E-state index contributed by atoms with van der Waals surface area (Å²) in [6, 6.07) is 0. The van der Waals surface area contributed by atoms with Crippen molar-refractivity contribution in [1.82, 2.24) is 14.8 Å². The van der Waals surface area contributed by atoms with Crippen LogP contribution in [0.1, 0.15) is 32.4 Å². The third-order valence-electron chi connectivity index (χ3n) is 1.80. The topological polar surface area (TPSA) is 50.9 Å². The van der Waals surface area contributed by atoms with Gasteiger partial charge in [0, 0.05) is 5.54 Å². The molecule has 0 unspecified atom stereocenters. The summed E-state index contributed by atoms with van der Waals surface area (Å²) >= 11 is 0. The summed E-state index contributed by atoms with van der Waals surface area (Å²) in [5.74, 6) is -1.17. The van der Waals surface area contributed by atoms with Crippen molar-refractivity contribution >= 4 is 0 Å². The molecule has 0 saturated heterocycles. The molecule has 1 N–H and O–H groups in total. The van der Waals surface area contributed by atoms with E-state index in [1.807, 2.05) is 0 Å². The molecule has 0 aliphatic heterocycles. The van der Waals surface area contributed by atoms with Crippen molar-refractivity contribution in [3.63, 3.8) is 0 Å². The summed E-state index contributed by atoms with van der Waals surface area (Å²) in [6.45, 7) is 4.20. The van der Waals surface area contributed by atoms with Gasteiger partial charge in [-0.1, -0.05) is 0 Å². The predicted octanol–water partition coefficient (Wildman–Crippen LogP) is 1.54. The third-order valence-corrected chi connectivity index (χ3v) is 1.80. The number of rotatable bonds is 1. The molecule has 1 rings (SSSR count). The highest BCUT2D eigenvalue weighted by molar-refractivity contribution is 5.03. The Balaban J connectivity index is 3.37. The van der Waals surface area contributed by atoms with E-state index in [0.29, 0.717) is 0 Å². The first kappa shape index (κ1) is 12.0. The standard InChI is InChI=1S/C8H12F3N3O/c1-7(2,3)14-5(4-15)12-13-6(14)8(9,10)11/h15H,4H2,1-3H3. The van der Waals surface area contributed by atoms with Crippen molar-refractivity contribution in [2.75, 3.05) is 0 Å². The largest absolute Gasteiger partial charge is 0.451 e. The second-order valence-electron chi connectivity index (χ2n) is 4.10. The normalized spacial score (nSPS) is 13.3. The van der Waals surface area contributed by atoms with Gasteiger partial charge in [0.05, 0.1) is 0 Å². The molecule has 0 atom stereocenters. The molecule has 1 aromatic rings. The fourth-order valence-corrected chi connectivity index (χ4v) is 1.31. The Bertz CT molecular complexity index is 351. The van der Waals surface area contributed by atoms with Crippen molar-refractivity contribution in [3.05, 3.63) is 11.6 Å². The summed E-state index contributed by atoms with van der Waals surface area (Å²) < 4.78 is 38.5. The van der Waals surface area contributed by atoms with Crippen LogP contribution in [0.2, 0.25) is 0 Å². The second-order valence-corrected chi connectivity index (χ2v) is 4.10. The minimum atomic E-state index is -4.56. The van der Waals surface area contributed by atoms with E-state index < -0.39 is 24.1 Å². The number of nitrogens with zero attached hydrogens (tertiary/aromatic N) is 3. The molecule has 1 aromatic heterocycles. The van der Waals surface area contributed by atoms with Crippen LogP contribution in [0.25, 0.3) is 0 Å². The molecule has 7 heteroatoms. The first-order valence-corrected chi connectivity index (χ1v) is 4.30. The Morgan fingerprint density at radius 2 is 1.73 bits per heavy atom. The van der Waals surface area contributed by atoms with Crippen LogP contribution in [0, 0.1) is 0 Å². The molecule has 0 saturated carbocycles. The number of aliphatic hydroxyl groups excluding tert-OH is 1. The van der Waals surface area contributed by atoms with Crippen LogP contribution in [-0.4, -0.2) is 19.9 Å². The lowest BCUT2D eigenvalue weighted by Gasteiger charge is -2.25. The van der Waals surface area contributed by atoms with Gasteiger partial charge in [-0.2, -0.15) is 13.2 Å². The van der Waals surface area contributed by atoms with Crippen molar-refractivity contribution in [3.8, 4) is 0 Å². The molecule has 0 spiro atoms. The maximum atomic E-state index is 12.5. The van der Waals surface area contributed by atoms with E-state index in [4.69, 9.17) is 5.11 Å². The molecule has 86 valence electrons. The van der Waals surface area contributed by atoms with Crippen LogP contribution in [0.15, 0.2) is 0 Å².